The summed E-state index contributed by atoms with van der Waals surface area (Å²) in [5.74, 6) is 0. The minimum atomic E-state index is 0.823. The summed E-state index contributed by atoms with van der Waals surface area (Å²) in [6.45, 7) is 14.4. The fourth-order valence-corrected chi connectivity index (χ4v) is 2.91. The zero-order chi connectivity index (χ0) is 13.5. The van der Waals surface area contributed by atoms with Crippen LogP contribution < -0.4 is 5.73 Å². The minimum absolute atomic E-state index is 0.823. The van der Waals surface area contributed by atoms with Crippen LogP contribution in [0.25, 0.3) is 0 Å². The zero-order valence-electron chi connectivity index (χ0n) is 12.6. The predicted octanol–water partition coefficient (Wildman–Crippen LogP) is -0.800. The first-order chi connectivity index (χ1) is 9.28. The van der Waals surface area contributed by atoms with E-state index in [4.69, 9.17) is 5.73 Å². The molecule has 0 atom stereocenters. The molecule has 2 rings (SSSR count). The normalized spacial score (nSPS) is 24.9. The molecule has 5 nitrogen and oxygen atoms in total. The standard InChI is InChI=1S/C14H31N5/c1-16-5-7-18(8-6-16)13-14-19-11-9-17(10-12-19)4-2-3-15/h2-15H2,1H3. The molecule has 2 N–H and O–H groups in total. The molecule has 0 radical (unpaired) electrons. The molecule has 5 heteroatoms. The monoisotopic (exact) mass is 269 g/mol. The first-order valence-electron chi connectivity index (χ1n) is 7.83. The number of rotatable bonds is 6. The molecule has 2 aliphatic heterocycles. The van der Waals surface area contributed by atoms with Gasteiger partial charge in [-0.2, -0.15) is 0 Å². The van der Waals surface area contributed by atoms with Crippen LogP contribution in [0.3, 0.4) is 0 Å². The van der Waals surface area contributed by atoms with Gasteiger partial charge in [0, 0.05) is 65.4 Å². The zero-order valence-corrected chi connectivity index (χ0v) is 12.6. The Hall–Kier alpha value is -0.200. The number of piperazine rings is 2. The smallest absolute Gasteiger partial charge is 0.0110 e. The van der Waals surface area contributed by atoms with Crippen LogP contribution in [0.4, 0.5) is 0 Å². The van der Waals surface area contributed by atoms with Gasteiger partial charge in [0.25, 0.3) is 0 Å². The number of nitrogens with two attached hydrogens (primary N) is 1. The van der Waals surface area contributed by atoms with Gasteiger partial charge in [0.05, 0.1) is 0 Å². The highest BCUT2D eigenvalue weighted by atomic mass is 15.3. The Labute approximate surface area is 118 Å². The third-order valence-corrected chi connectivity index (χ3v) is 4.47. The molecule has 2 fully saturated rings. The van der Waals surface area contributed by atoms with E-state index in [1.165, 1.54) is 72.0 Å². The van der Waals surface area contributed by atoms with Gasteiger partial charge < -0.3 is 15.5 Å². The second kappa shape index (κ2) is 8.17. The third kappa shape index (κ3) is 5.36. The fourth-order valence-electron chi connectivity index (χ4n) is 2.91. The summed E-state index contributed by atoms with van der Waals surface area (Å²) in [7, 11) is 2.22. The van der Waals surface area contributed by atoms with Crippen molar-refractivity contribution in [2.24, 2.45) is 5.73 Å². The van der Waals surface area contributed by atoms with E-state index in [9.17, 15) is 0 Å². The average Bonchev–Trinajstić information content (AvgIpc) is 2.46. The number of hydrogen-bond donors (Lipinski definition) is 1. The molecule has 112 valence electrons. The van der Waals surface area contributed by atoms with Gasteiger partial charge in [0.1, 0.15) is 0 Å². The van der Waals surface area contributed by atoms with E-state index in [0.717, 1.165) is 13.0 Å². The molecule has 19 heavy (non-hydrogen) atoms. The summed E-state index contributed by atoms with van der Waals surface area (Å²) in [6.07, 6.45) is 1.14. The number of likely N-dealkylation sites (N-methyl/N-ethyl adjacent to an activating group) is 1. The highest BCUT2D eigenvalue weighted by molar-refractivity contribution is 4.75. The molecule has 0 aromatic carbocycles. The van der Waals surface area contributed by atoms with Gasteiger partial charge in [-0.15, -0.1) is 0 Å². The third-order valence-electron chi connectivity index (χ3n) is 4.47. The topological polar surface area (TPSA) is 39.0 Å². The SMILES string of the molecule is CN1CCN(CCN2CCN(CCCN)CC2)CC1. The lowest BCUT2D eigenvalue weighted by Gasteiger charge is -2.37. The van der Waals surface area contributed by atoms with Gasteiger partial charge in [-0.1, -0.05) is 0 Å². The van der Waals surface area contributed by atoms with Crippen LogP contribution in [0.1, 0.15) is 6.42 Å². The van der Waals surface area contributed by atoms with E-state index in [-0.39, 0.29) is 0 Å². The highest BCUT2D eigenvalue weighted by Gasteiger charge is 2.18. The summed E-state index contributed by atoms with van der Waals surface area (Å²) in [5.41, 5.74) is 5.57. The predicted molar refractivity (Wildman–Crippen MR) is 80.5 cm³/mol. The summed E-state index contributed by atoms with van der Waals surface area (Å²) >= 11 is 0. The molecular formula is C14H31N5. The quantitative estimate of drug-likeness (QED) is 0.683. The highest BCUT2D eigenvalue weighted by Crippen LogP contribution is 2.04. The lowest BCUT2D eigenvalue weighted by atomic mass is 10.2. The van der Waals surface area contributed by atoms with E-state index in [0.29, 0.717) is 0 Å². The van der Waals surface area contributed by atoms with Crippen molar-refractivity contribution < 1.29 is 0 Å². The van der Waals surface area contributed by atoms with Crippen molar-refractivity contribution in [3.8, 4) is 0 Å². The summed E-state index contributed by atoms with van der Waals surface area (Å²) in [4.78, 5) is 10.2. The molecule has 0 aliphatic carbocycles. The number of nitrogens with zero attached hydrogens (tertiary/aromatic N) is 4. The van der Waals surface area contributed by atoms with Gasteiger partial charge in [0.15, 0.2) is 0 Å². The van der Waals surface area contributed by atoms with Gasteiger partial charge in [-0.25, -0.2) is 0 Å². The lowest BCUT2D eigenvalue weighted by Crippen LogP contribution is -2.51. The van der Waals surface area contributed by atoms with Crippen LogP contribution in [0.2, 0.25) is 0 Å². The summed E-state index contributed by atoms with van der Waals surface area (Å²) < 4.78 is 0. The van der Waals surface area contributed by atoms with Gasteiger partial charge >= 0.3 is 0 Å². The Morgan fingerprint density at radius 2 is 1.11 bits per heavy atom. The first kappa shape index (κ1) is 15.2. The van der Waals surface area contributed by atoms with Crippen LogP contribution in [-0.2, 0) is 0 Å². The minimum Gasteiger partial charge on any atom is -0.330 e. The van der Waals surface area contributed by atoms with E-state index in [1.807, 2.05) is 0 Å². The van der Waals surface area contributed by atoms with E-state index >= 15 is 0 Å². The Morgan fingerprint density at radius 1 is 0.684 bits per heavy atom. The van der Waals surface area contributed by atoms with Crippen LogP contribution in [-0.4, -0.2) is 105 Å². The maximum atomic E-state index is 5.57. The summed E-state index contributed by atoms with van der Waals surface area (Å²) in [5, 5.41) is 0. The molecule has 2 aliphatic rings. The lowest BCUT2D eigenvalue weighted by molar-refractivity contribution is 0.101. The maximum absolute atomic E-state index is 5.57. The Bertz CT molecular complexity index is 232. The van der Waals surface area contributed by atoms with Gasteiger partial charge in [-0.3, -0.25) is 9.80 Å². The van der Waals surface area contributed by atoms with Gasteiger partial charge in [0.2, 0.25) is 0 Å². The maximum Gasteiger partial charge on any atom is 0.0110 e. The van der Waals surface area contributed by atoms with Crippen molar-refractivity contribution in [1.29, 1.82) is 0 Å². The van der Waals surface area contributed by atoms with Gasteiger partial charge in [-0.05, 0) is 26.6 Å². The molecule has 2 heterocycles. The molecule has 0 saturated carbocycles. The van der Waals surface area contributed by atoms with Crippen LogP contribution in [0, 0.1) is 0 Å². The Kier molecular flexibility index (Phi) is 6.53. The Balaban J connectivity index is 1.55. The molecule has 2 saturated heterocycles. The molecule has 0 aromatic heterocycles. The molecule has 0 aromatic rings. The van der Waals surface area contributed by atoms with Crippen molar-refractivity contribution in [3.05, 3.63) is 0 Å². The fraction of sp³-hybridized carbons (Fsp3) is 1.00. The van der Waals surface area contributed by atoms with Crippen LogP contribution >= 0.6 is 0 Å². The largest absolute Gasteiger partial charge is 0.330 e. The van der Waals surface area contributed by atoms with E-state index in [1.54, 1.807) is 0 Å². The number of hydrogen-bond acceptors (Lipinski definition) is 5. The second-order valence-electron chi connectivity index (χ2n) is 5.97. The van der Waals surface area contributed by atoms with Crippen molar-refractivity contribution in [1.82, 2.24) is 19.6 Å². The van der Waals surface area contributed by atoms with E-state index in [2.05, 4.69) is 26.6 Å². The molecular weight excluding hydrogens is 238 g/mol. The van der Waals surface area contributed by atoms with E-state index < -0.39 is 0 Å². The van der Waals surface area contributed by atoms with Crippen LogP contribution in [0.5, 0.6) is 0 Å². The van der Waals surface area contributed by atoms with Crippen LogP contribution in [0.15, 0.2) is 0 Å². The average molecular weight is 269 g/mol. The van der Waals surface area contributed by atoms with Crippen molar-refractivity contribution in [2.75, 3.05) is 85.6 Å². The summed E-state index contributed by atoms with van der Waals surface area (Å²) in [6, 6.07) is 0. The first-order valence-corrected chi connectivity index (χ1v) is 7.83. The van der Waals surface area contributed by atoms with Crippen molar-refractivity contribution >= 4 is 0 Å². The molecule has 0 amide bonds. The molecule has 0 spiro atoms. The molecule has 0 unspecified atom stereocenters. The second-order valence-corrected chi connectivity index (χ2v) is 5.97. The van der Waals surface area contributed by atoms with Crippen molar-refractivity contribution in [2.45, 2.75) is 6.42 Å². The Morgan fingerprint density at radius 3 is 1.58 bits per heavy atom. The molecule has 0 bridgehead atoms. The van der Waals surface area contributed by atoms with Crippen molar-refractivity contribution in [3.63, 3.8) is 0 Å².